The molecule has 0 radical (unpaired) electrons. The van der Waals surface area contributed by atoms with Crippen LogP contribution in [-0.4, -0.2) is 22.4 Å². The van der Waals surface area contributed by atoms with Gasteiger partial charge < -0.3 is 15.6 Å². The first-order valence-electron chi connectivity index (χ1n) is 2.93. The van der Waals surface area contributed by atoms with E-state index in [9.17, 15) is 4.79 Å². The van der Waals surface area contributed by atoms with E-state index in [4.69, 9.17) is 0 Å². The van der Waals surface area contributed by atoms with E-state index in [-0.39, 0.29) is 5.91 Å². The highest BCUT2D eigenvalue weighted by Crippen LogP contribution is 2.17. The lowest BCUT2D eigenvalue weighted by Gasteiger charge is -2.11. The highest BCUT2D eigenvalue weighted by Gasteiger charge is 2.14. The van der Waals surface area contributed by atoms with Gasteiger partial charge in [0.05, 0.1) is 12.9 Å². The number of imidazole rings is 1. The molecule has 0 saturated heterocycles. The topological polar surface area (TPSA) is 69.8 Å². The summed E-state index contributed by atoms with van der Waals surface area (Å²) < 4.78 is 0. The summed E-state index contributed by atoms with van der Waals surface area (Å²) in [6, 6.07) is 0. The minimum Gasteiger partial charge on any atom is -0.358 e. The predicted molar refractivity (Wildman–Crippen MR) is 35.7 cm³/mol. The van der Waals surface area contributed by atoms with Crippen LogP contribution in [0.1, 0.15) is 0 Å². The number of nitrogens with zero attached hydrogens (tertiary/aromatic N) is 1. The number of anilines is 2. The molecule has 0 unspecified atom stereocenters. The summed E-state index contributed by atoms with van der Waals surface area (Å²) in [5.74, 6) is 1.31. The van der Waals surface area contributed by atoms with Gasteiger partial charge in [-0.2, -0.15) is 0 Å². The number of hydrogen-bond donors (Lipinski definition) is 3. The van der Waals surface area contributed by atoms with Gasteiger partial charge >= 0.3 is 0 Å². The molecule has 0 saturated carbocycles. The van der Waals surface area contributed by atoms with E-state index in [1.54, 1.807) is 0 Å². The van der Waals surface area contributed by atoms with E-state index in [0.717, 1.165) is 0 Å². The maximum Gasteiger partial charge on any atom is 0.244 e. The van der Waals surface area contributed by atoms with Gasteiger partial charge in [0.25, 0.3) is 0 Å². The lowest BCUT2D eigenvalue weighted by Crippen LogP contribution is -2.27. The SMILES string of the molecule is O=C1CNc2nc[nH]c2N1. The normalized spacial score (nSPS) is 15.4. The van der Waals surface area contributed by atoms with Gasteiger partial charge in [0, 0.05) is 0 Å². The molecule has 2 rings (SSSR count). The molecular weight excluding hydrogens is 132 g/mol. The van der Waals surface area contributed by atoms with Crippen molar-refractivity contribution in [2.24, 2.45) is 0 Å². The molecule has 1 aromatic rings. The van der Waals surface area contributed by atoms with Crippen molar-refractivity contribution in [3.63, 3.8) is 0 Å². The first-order valence-corrected chi connectivity index (χ1v) is 2.93. The third-order valence-electron chi connectivity index (χ3n) is 1.32. The minimum atomic E-state index is -0.0447. The van der Waals surface area contributed by atoms with Crippen molar-refractivity contribution >= 4 is 17.5 Å². The molecule has 0 aromatic carbocycles. The van der Waals surface area contributed by atoms with Gasteiger partial charge in [0.1, 0.15) is 0 Å². The third kappa shape index (κ3) is 0.637. The number of carbonyl (C=O) groups excluding carboxylic acids is 1. The summed E-state index contributed by atoms with van der Waals surface area (Å²) in [4.78, 5) is 17.4. The fraction of sp³-hybridized carbons (Fsp3) is 0.200. The summed E-state index contributed by atoms with van der Waals surface area (Å²) in [6.07, 6.45) is 1.53. The predicted octanol–water partition coefficient (Wildman–Crippen LogP) is -0.226. The molecule has 1 amide bonds. The van der Waals surface area contributed by atoms with Crippen molar-refractivity contribution in [3.8, 4) is 0 Å². The highest BCUT2D eigenvalue weighted by molar-refractivity contribution is 5.98. The average molecular weight is 138 g/mol. The monoisotopic (exact) mass is 138 g/mol. The van der Waals surface area contributed by atoms with E-state index in [0.29, 0.717) is 18.2 Å². The maximum absolute atomic E-state index is 10.7. The molecule has 1 aliphatic heterocycles. The highest BCUT2D eigenvalue weighted by atomic mass is 16.2. The van der Waals surface area contributed by atoms with Crippen LogP contribution in [0.15, 0.2) is 6.33 Å². The number of carbonyl (C=O) groups is 1. The molecule has 0 atom stereocenters. The standard InChI is InChI=1S/C5H6N4O/c10-3-1-6-4-5(9-3)8-2-7-4/h2,6H,1H2,(H,7,8)(H,9,10). The molecule has 1 aromatic heterocycles. The molecular formula is C5H6N4O. The van der Waals surface area contributed by atoms with Crippen molar-refractivity contribution < 1.29 is 4.79 Å². The Balaban J connectivity index is 2.39. The van der Waals surface area contributed by atoms with Crippen LogP contribution in [0.4, 0.5) is 11.6 Å². The zero-order valence-electron chi connectivity index (χ0n) is 5.14. The van der Waals surface area contributed by atoms with Crippen molar-refractivity contribution in [3.05, 3.63) is 6.33 Å². The number of H-pyrrole nitrogens is 1. The Labute approximate surface area is 56.8 Å². The number of amides is 1. The van der Waals surface area contributed by atoms with Gasteiger partial charge in [-0.05, 0) is 0 Å². The summed E-state index contributed by atoms with van der Waals surface area (Å²) >= 11 is 0. The Kier molecular flexibility index (Phi) is 0.913. The van der Waals surface area contributed by atoms with Gasteiger partial charge in [-0.1, -0.05) is 0 Å². The number of fused-ring (bicyclic) bond motifs is 1. The smallest absolute Gasteiger partial charge is 0.244 e. The Hall–Kier alpha value is -1.52. The first kappa shape index (κ1) is 5.28. The molecule has 2 heterocycles. The van der Waals surface area contributed by atoms with Crippen molar-refractivity contribution in [1.29, 1.82) is 0 Å². The van der Waals surface area contributed by atoms with Gasteiger partial charge in [-0.15, -0.1) is 0 Å². The number of hydrogen-bond acceptors (Lipinski definition) is 3. The summed E-state index contributed by atoms with van der Waals surface area (Å²) in [6.45, 7) is 0.303. The molecule has 1 aliphatic rings. The summed E-state index contributed by atoms with van der Waals surface area (Å²) in [5.41, 5.74) is 0. The minimum absolute atomic E-state index is 0.0447. The third-order valence-corrected chi connectivity index (χ3v) is 1.32. The van der Waals surface area contributed by atoms with E-state index in [2.05, 4.69) is 20.6 Å². The Morgan fingerprint density at radius 1 is 1.60 bits per heavy atom. The molecule has 0 aliphatic carbocycles. The Morgan fingerprint density at radius 2 is 2.50 bits per heavy atom. The summed E-state index contributed by atoms with van der Waals surface area (Å²) in [5, 5.41) is 5.46. The van der Waals surface area contributed by atoms with Crippen LogP contribution < -0.4 is 10.6 Å². The first-order chi connectivity index (χ1) is 4.86. The fourth-order valence-corrected chi connectivity index (χ4v) is 0.871. The van der Waals surface area contributed by atoms with Crippen molar-refractivity contribution in [2.45, 2.75) is 0 Å². The Morgan fingerprint density at radius 3 is 3.40 bits per heavy atom. The lowest BCUT2D eigenvalue weighted by molar-refractivity contribution is -0.114. The van der Waals surface area contributed by atoms with Crippen LogP contribution in [-0.2, 0) is 4.79 Å². The van der Waals surface area contributed by atoms with Crippen LogP contribution in [0.5, 0.6) is 0 Å². The van der Waals surface area contributed by atoms with E-state index in [1.165, 1.54) is 6.33 Å². The molecule has 5 nitrogen and oxygen atoms in total. The van der Waals surface area contributed by atoms with Crippen LogP contribution in [0, 0.1) is 0 Å². The van der Waals surface area contributed by atoms with Gasteiger partial charge in [0.2, 0.25) is 5.91 Å². The zero-order chi connectivity index (χ0) is 6.97. The molecule has 52 valence electrons. The number of nitrogens with one attached hydrogen (secondary N) is 3. The second-order valence-electron chi connectivity index (χ2n) is 2.03. The van der Waals surface area contributed by atoms with Crippen LogP contribution in [0.2, 0.25) is 0 Å². The van der Waals surface area contributed by atoms with Gasteiger partial charge in [-0.25, -0.2) is 4.98 Å². The van der Waals surface area contributed by atoms with Gasteiger partial charge in [0.15, 0.2) is 11.6 Å². The van der Waals surface area contributed by atoms with Crippen LogP contribution >= 0.6 is 0 Å². The lowest BCUT2D eigenvalue weighted by atomic mass is 10.4. The average Bonchev–Trinajstić information content (AvgIpc) is 2.33. The molecule has 3 N–H and O–H groups in total. The second-order valence-corrected chi connectivity index (χ2v) is 2.03. The maximum atomic E-state index is 10.7. The molecule has 5 heteroatoms. The Bertz CT molecular complexity index is 266. The quantitative estimate of drug-likeness (QED) is 0.464. The largest absolute Gasteiger partial charge is 0.358 e. The number of aromatic nitrogens is 2. The summed E-state index contributed by atoms with van der Waals surface area (Å²) in [7, 11) is 0. The number of aromatic amines is 1. The molecule has 10 heavy (non-hydrogen) atoms. The zero-order valence-corrected chi connectivity index (χ0v) is 5.14. The second kappa shape index (κ2) is 1.73. The van der Waals surface area contributed by atoms with Gasteiger partial charge in [-0.3, -0.25) is 4.79 Å². The van der Waals surface area contributed by atoms with E-state index >= 15 is 0 Å². The molecule has 0 spiro atoms. The van der Waals surface area contributed by atoms with Crippen LogP contribution in [0.25, 0.3) is 0 Å². The van der Waals surface area contributed by atoms with E-state index < -0.39 is 0 Å². The fourth-order valence-electron chi connectivity index (χ4n) is 0.871. The van der Waals surface area contributed by atoms with E-state index in [1.807, 2.05) is 0 Å². The van der Waals surface area contributed by atoms with Crippen molar-refractivity contribution in [2.75, 3.05) is 17.2 Å². The van der Waals surface area contributed by atoms with Crippen LogP contribution in [0.3, 0.4) is 0 Å². The molecule has 0 bridgehead atoms. The van der Waals surface area contributed by atoms with Crippen molar-refractivity contribution in [1.82, 2.24) is 9.97 Å². The number of rotatable bonds is 0. The molecule has 0 fully saturated rings.